The van der Waals surface area contributed by atoms with Gasteiger partial charge in [0.25, 0.3) is 0 Å². The van der Waals surface area contributed by atoms with E-state index in [-0.39, 0.29) is 18.5 Å². The van der Waals surface area contributed by atoms with Crippen molar-refractivity contribution in [2.45, 2.75) is 488 Å². The molecule has 0 aliphatic rings. The molecule has 6 nitrogen and oxygen atoms in total. The zero-order valence-electron chi connectivity index (χ0n) is 59.1. The number of hydrogen-bond acceptors (Lipinski definition) is 5. The molecule has 2 atom stereocenters. The molecule has 0 saturated heterocycles. The third kappa shape index (κ3) is 71.9. The Kier molecular flexibility index (Phi) is 75.3. The Morgan fingerprint density at radius 2 is 0.477 bits per heavy atom. The monoisotopic (exact) mass is 1210 g/mol. The first-order valence-electron chi connectivity index (χ1n) is 40.3. The number of amides is 1. The number of aliphatic hydroxyl groups excluding tert-OH is 2. The van der Waals surface area contributed by atoms with Crippen LogP contribution >= 0.6 is 0 Å². The van der Waals surface area contributed by atoms with Crippen LogP contribution in [0.25, 0.3) is 0 Å². The quantitative estimate of drug-likeness (QED) is 0.0417. The molecule has 6 heteroatoms. The van der Waals surface area contributed by atoms with Crippen LogP contribution in [0.15, 0.2) is 0 Å². The number of nitrogens with one attached hydrogen (secondary N) is 1. The van der Waals surface area contributed by atoms with Crippen molar-refractivity contribution in [3.8, 4) is 0 Å². The molecule has 86 heavy (non-hydrogen) atoms. The molecule has 0 rings (SSSR count). The third-order valence-electron chi connectivity index (χ3n) is 19.4. The van der Waals surface area contributed by atoms with Gasteiger partial charge in [0.2, 0.25) is 5.91 Å². The molecule has 0 fully saturated rings. The van der Waals surface area contributed by atoms with Crippen molar-refractivity contribution >= 4 is 11.9 Å². The fraction of sp³-hybridized carbons (Fsp3) is 0.975. The van der Waals surface area contributed by atoms with Crippen molar-refractivity contribution in [1.29, 1.82) is 0 Å². The average Bonchev–Trinajstić information content (AvgIpc) is 3.54. The molecule has 0 bridgehead atoms. The van der Waals surface area contributed by atoms with E-state index in [1.54, 1.807) is 0 Å². The first-order valence-corrected chi connectivity index (χ1v) is 40.3. The largest absolute Gasteiger partial charge is 0.466 e. The molecule has 2 unspecified atom stereocenters. The van der Waals surface area contributed by atoms with Crippen LogP contribution in [0.4, 0.5) is 0 Å². The van der Waals surface area contributed by atoms with E-state index in [0.29, 0.717) is 25.9 Å². The van der Waals surface area contributed by atoms with E-state index in [2.05, 4.69) is 19.2 Å². The maximum Gasteiger partial charge on any atom is 0.305 e. The van der Waals surface area contributed by atoms with Crippen LogP contribution in [0, 0.1) is 0 Å². The summed E-state index contributed by atoms with van der Waals surface area (Å²) in [6, 6.07) is -0.541. The summed E-state index contributed by atoms with van der Waals surface area (Å²) in [5.41, 5.74) is 0. The van der Waals surface area contributed by atoms with E-state index in [4.69, 9.17) is 4.74 Å². The fourth-order valence-electron chi connectivity index (χ4n) is 13.3. The Morgan fingerprint density at radius 3 is 0.709 bits per heavy atom. The number of hydrogen-bond donors (Lipinski definition) is 3. The number of carbonyl (C=O) groups is 2. The van der Waals surface area contributed by atoms with E-state index in [1.807, 2.05) is 0 Å². The second-order valence-corrected chi connectivity index (χ2v) is 28.1. The van der Waals surface area contributed by atoms with Gasteiger partial charge in [-0.3, -0.25) is 9.59 Å². The highest BCUT2D eigenvalue weighted by Gasteiger charge is 2.20. The van der Waals surface area contributed by atoms with Gasteiger partial charge < -0.3 is 20.3 Å². The molecule has 0 aliphatic heterocycles. The Morgan fingerprint density at radius 1 is 0.279 bits per heavy atom. The first-order chi connectivity index (χ1) is 42.5. The molecule has 0 radical (unpaired) electrons. The molecule has 0 heterocycles. The van der Waals surface area contributed by atoms with E-state index >= 15 is 0 Å². The zero-order chi connectivity index (χ0) is 62.0. The number of rotatable bonds is 77. The summed E-state index contributed by atoms with van der Waals surface area (Å²) in [6.45, 7) is 5.02. The third-order valence-corrected chi connectivity index (χ3v) is 19.4. The van der Waals surface area contributed by atoms with Crippen LogP contribution in [0.2, 0.25) is 0 Å². The van der Waals surface area contributed by atoms with Gasteiger partial charge in [-0.1, -0.05) is 438 Å². The SMILES string of the molecule is CCCCCCCCCCCCCCCCCCCCCCCCCCCC(O)C(CO)NC(=O)CCCCCCCCCCCCCCCCCCCCCCCCCCCOC(=O)CCCCCCCCCCCCCCCCCCCCC. The molecule has 3 N–H and O–H groups in total. The smallest absolute Gasteiger partial charge is 0.305 e. The van der Waals surface area contributed by atoms with Gasteiger partial charge in [0, 0.05) is 12.8 Å². The maximum absolute atomic E-state index is 12.6. The van der Waals surface area contributed by atoms with Gasteiger partial charge in [-0.05, 0) is 25.7 Å². The summed E-state index contributed by atoms with van der Waals surface area (Å²) in [6.07, 6.45) is 94.8. The molecule has 0 spiro atoms. The van der Waals surface area contributed by atoms with Gasteiger partial charge in [-0.2, -0.15) is 0 Å². The summed E-state index contributed by atoms with van der Waals surface area (Å²) in [5, 5.41) is 23.5. The molecule has 514 valence electrons. The minimum Gasteiger partial charge on any atom is -0.466 e. The predicted molar refractivity (Wildman–Crippen MR) is 380 cm³/mol. The lowest BCUT2D eigenvalue weighted by molar-refractivity contribution is -0.143. The van der Waals surface area contributed by atoms with Crippen LogP contribution in [0.1, 0.15) is 476 Å². The maximum atomic E-state index is 12.6. The van der Waals surface area contributed by atoms with Crippen LogP contribution in [-0.2, 0) is 14.3 Å². The molecule has 0 aromatic carbocycles. The van der Waals surface area contributed by atoms with Crippen molar-refractivity contribution in [2.75, 3.05) is 13.2 Å². The summed E-state index contributed by atoms with van der Waals surface area (Å²) >= 11 is 0. The fourth-order valence-corrected chi connectivity index (χ4v) is 13.3. The Balaban J connectivity index is 3.34. The van der Waals surface area contributed by atoms with Gasteiger partial charge in [-0.15, -0.1) is 0 Å². The van der Waals surface area contributed by atoms with Crippen LogP contribution < -0.4 is 5.32 Å². The van der Waals surface area contributed by atoms with Crippen molar-refractivity contribution in [2.24, 2.45) is 0 Å². The van der Waals surface area contributed by atoms with Crippen LogP contribution in [0.3, 0.4) is 0 Å². The van der Waals surface area contributed by atoms with Gasteiger partial charge >= 0.3 is 5.97 Å². The number of aliphatic hydroxyl groups is 2. The van der Waals surface area contributed by atoms with E-state index < -0.39 is 12.1 Å². The van der Waals surface area contributed by atoms with Crippen molar-refractivity contribution in [3.63, 3.8) is 0 Å². The molecular formula is C80H159NO5. The topological polar surface area (TPSA) is 95.9 Å². The highest BCUT2D eigenvalue weighted by atomic mass is 16.5. The standard InChI is InChI=1S/C80H159NO5/c1-3-5-7-9-11-13-15-17-19-21-23-24-25-27-30-33-37-40-44-48-52-56-60-64-68-72-78(83)77(76-82)81-79(84)73-69-65-61-57-53-49-45-41-38-34-31-28-26-29-32-35-39-43-47-51-55-59-63-67-71-75-86-80(85)74-70-66-62-58-54-50-46-42-36-22-20-18-16-14-12-10-8-6-4-2/h77-78,82-83H,3-76H2,1-2H3,(H,81,84). The molecular weight excluding hydrogens is 1050 g/mol. The van der Waals surface area contributed by atoms with Gasteiger partial charge in [0.15, 0.2) is 0 Å². The molecule has 0 saturated carbocycles. The number of ether oxygens (including phenoxy) is 1. The zero-order valence-corrected chi connectivity index (χ0v) is 59.1. The summed E-state index contributed by atoms with van der Waals surface area (Å²) in [5.74, 6) is -0.00318. The minimum absolute atomic E-state index is 0.0232. The van der Waals surface area contributed by atoms with Gasteiger partial charge in [0.05, 0.1) is 25.4 Å². The van der Waals surface area contributed by atoms with Crippen molar-refractivity contribution < 1.29 is 24.5 Å². The van der Waals surface area contributed by atoms with Gasteiger partial charge in [-0.25, -0.2) is 0 Å². The highest BCUT2D eigenvalue weighted by molar-refractivity contribution is 5.76. The van der Waals surface area contributed by atoms with E-state index in [1.165, 1.54) is 405 Å². The normalized spacial score (nSPS) is 12.4. The second kappa shape index (κ2) is 76.3. The minimum atomic E-state index is -0.664. The van der Waals surface area contributed by atoms with E-state index in [0.717, 1.165) is 38.5 Å². The highest BCUT2D eigenvalue weighted by Crippen LogP contribution is 2.21. The summed E-state index contributed by atoms with van der Waals surface area (Å²) in [7, 11) is 0. The lowest BCUT2D eigenvalue weighted by Gasteiger charge is -2.22. The Hall–Kier alpha value is -1.14. The molecule has 0 aromatic heterocycles. The number of esters is 1. The molecule has 0 aliphatic carbocycles. The van der Waals surface area contributed by atoms with Crippen LogP contribution in [-0.4, -0.2) is 47.4 Å². The predicted octanol–water partition coefficient (Wildman–Crippen LogP) is 26.5. The average molecular weight is 1220 g/mol. The lowest BCUT2D eigenvalue weighted by Crippen LogP contribution is -2.45. The van der Waals surface area contributed by atoms with E-state index in [9.17, 15) is 19.8 Å². The first kappa shape index (κ1) is 84.9. The Labute approximate surface area is 540 Å². The van der Waals surface area contributed by atoms with Gasteiger partial charge in [0.1, 0.15) is 0 Å². The number of unbranched alkanes of at least 4 members (excludes halogenated alkanes) is 66. The molecule has 0 aromatic rings. The molecule has 1 amide bonds. The summed E-state index contributed by atoms with van der Waals surface area (Å²) < 4.78 is 5.52. The van der Waals surface area contributed by atoms with Crippen LogP contribution in [0.5, 0.6) is 0 Å². The summed E-state index contributed by atoms with van der Waals surface area (Å²) in [4.78, 5) is 24.7. The lowest BCUT2D eigenvalue weighted by atomic mass is 10.0. The van der Waals surface area contributed by atoms with Crippen molar-refractivity contribution in [1.82, 2.24) is 5.32 Å². The Bertz CT molecular complexity index is 1260. The van der Waals surface area contributed by atoms with Crippen molar-refractivity contribution in [3.05, 3.63) is 0 Å². The second-order valence-electron chi connectivity index (χ2n) is 28.1. The number of carbonyl (C=O) groups excluding carboxylic acids is 2.